The van der Waals surface area contributed by atoms with Crippen molar-refractivity contribution < 1.29 is 4.79 Å². The third kappa shape index (κ3) is 2.81. The van der Waals surface area contributed by atoms with Crippen LogP contribution in [0.5, 0.6) is 0 Å². The second-order valence-corrected chi connectivity index (χ2v) is 6.01. The van der Waals surface area contributed by atoms with Crippen LogP contribution in [0.15, 0.2) is 24.3 Å². The Kier molecular flexibility index (Phi) is 4.07. The number of halogens is 1. The Morgan fingerprint density at radius 2 is 1.77 bits per heavy atom. The molecule has 0 bridgehead atoms. The standard InChI is InChI=1S/C16H19ClN4O/c1-11-15(12(2)19-18-11)20-7-9-21(10-8-20)16(22)13-3-5-14(17)6-4-13/h3-6H,7-10H2,1-2H3,(H,18,19). The molecule has 1 aliphatic rings. The lowest BCUT2D eigenvalue weighted by molar-refractivity contribution is 0.0747. The summed E-state index contributed by atoms with van der Waals surface area (Å²) in [5, 5.41) is 7.90. The number of aryl methyl sites for hydroxylation is 2. The molecule has 1 aromatic carbocycles. The fourth-order valence-corrected chi connectivity index (χ4v) is 3.05. The highest BCUT2D eigenvalue weighted by Crippen LogP contribution is 2.23. The molecule has 0 saturated carbocycles. The Hall–Kier alpha value is -2.01. The van der Waals surface area contributed by atoms with Gasteiger partial charge in [-0.1, -0.05) is 11.6 Å². The van der Waals surface area contributed by atoms with Crippen LogP contribution in [0.25, 0.3) is 0 Å². The van der Waals surface area contributed by atoms with Crippen LogP contribution in [0.1, 0.15) is 21.7 Å². The number of nitrogens with zero attached hydrogens (tertiary/aromatic N) is 3. The van der Waals surface area contributed by atoms with Gasteiger partial charge >= 0.3 is 0 Å². The van der Waals surface area contributed by atoms with Crippen LogP contribution in [-0.2, 0) is 0 Å². The molecular weight excluding hydrogens is 300 g/mol. The van der Waals surface area contributed by atoms with Crippen molar-refractivity contribution in [3.05, 3.63) is 46.2 Å². The average molecular weight is 319 g/mol. The van der Waals surface area contributed by atoms with Gasteiger partial charge in [0.15, 0.2) is 0 Å². The molecule has 1 aliphatic heterocycles. The molecule has 116 valence electrons. The lowest BCUT2D eigenvalue weighted by Crippen LogP contribution is -2.49. The normalized spacial score (nSPS) is 15.2. The van der Waals surface area contributed by atoms with Crippen LogP contribution < -0.4 is 4.90 Å². The number of nitrogens with one attached hydrogen (secondary N) is 1. The Morgan fingerprint density at radius 1 is 1.14 bits per heavy atom. The number of rotatable bonds is 2. The summed E-state index contributed by atoms with van der Waals surface area (Å²) in [6.07, 6.45) is 0. The summed E-state index contributed by atoms with van der Waals surface area (Å²) < 4.78 is 0. The predicted octanol–water partition coefficient (Wildman–Crippen LogP) is 2.64. The van der Waals surface area contributed by atoms with E-state index in [4.69, 9.17) is 11.6 Å². The maximum atomic E-state index is 12.5. The Labute approximate surface area is 134 Å². The number of aromatic amines is 1. The molecule has 2 aromatic rings. The SMILES string of the molecule is Cc1n[nH]c(C)c1N1CCN(C(=O)c2ccc(Cl)cc2)CC1. The highest BCUT2D eigenvalue weighted by Gasteiger charge is 2.24. The van der Waals surface area contributed by atoms with E-state index in [0.717, 1.165) is 24.5 Å². The molecule has 0 aliphatic carbocycles. The van der Waals surface area contributed by atoms with Gasteiger partial charge in [-0.3, -0.25) is 9.89 Å². The smallest absolute Gasteiger partial charge is 0.253 e. The van der Waals surface area contributed by atoms with E-state index in [1.807, 2.05) is 18.7 Å². The number of hydrogen-bond acceptors (Lipinski definition) is 3. The van der Waals surface area contributed by atoms with E-state index in [9.17, 15) is 4.79 Å². The van der Waals surface area contributed by atoms with Crippen molar-refractivity contribution in [1.29, 1.82) is 0 Å². The van der Waals surface area contributed by atoms with Crippen LogP contribution in [0.4, 0.5) is 5.69 Å². The monoisotopic (exact) mass is 318 g/mol. The third-order valence-electron chi connectivity index (χ3n) is 4.06. The van der Waals surface area contributed by atoms with Gasteiger partial charge in [-0.15, -0.1) is 0 Å². The second kappa shape index (κ2) is 6.01. The number of amides is 1. The topological polar surface area (TPSA) is 52.2 Å². The number of benzene rings is 1. The quantitative estimate of drug-likeness (QED) is 0.926. The summed E-state index contributed by atoms with van der Waals surface area (Å²) in [5.74, 6) is 0.0666. The molecule has 5 nitrogen and oxygen atoms in total. The third-order valence-corrected chi connectivity index (χ3v) is 4.32. The van der Waals surface area contributed by atoms with Crippen LogP contribution >= 0.6 is 11.6 Å². The molecule has 1 aromatic heterocycles. The first kappa shape index (κ1) is 14.9. The van der Waals surface area contributed by atoms with E-state index in [-0.39, 0.29) is 5.91 Å². The maximum Gasteiger partial charge on any atom is 0.253 e. The maximum absolute atomic E-state index is 12.5. The highest BCUT2D eigenvalue weighted by atomic mass is 35.5. The van der Waals surface area contributed by atoms with Crippen LogP contribution in [0, 0.1) is 13.8 Å². The average Bonchev–Trinajstić information content (AvgIpc) is 2.86. The second-order valence-electron chi connectivity index (χ2n) is 5.57. The molecule has 0 spiro atoms. The molecule has 1 N–H and O–H groups in total. The van der Waals surface area contributed by atoms with Gasteiger partial charge in [-0.05, 0) is 38.1 Å². The zero-order valence-electron chi connectivity index (χ0n) is 12.8. The molecule has 22 heavy (non-hydrogen) atoms. The van der Waals surface area contributed by atoms with Gasteiger partial charge in [0, 0.05) is 36.8 Å². The first-order valence-corrected chi connectivity index (χ1v) is 7.75. The number of anilines is 1. The van der Waals surface area contributed by atoms with Gasteiger partial charge in [0.25, 0.3) is 5.91 Å². The molecule has 0 atom stereocenters. The zero-order chi connectivity index (χ0) is 15.7. The molecule has 6 heteroatoms. The van der Waals surface area contributed by atoms with Gasteiger partial charge in [-0.2, -0.15) is 5.10 Å². The van der Waals surface area contributed by atoms with Crippen molar-refractivity contribution in [2.24, 2.45) is 0 Å². The van der Waals surface area contributed by atoms with Gasteiger partial charge < -0.3 is 9.80 Å². The van der Waals surface area contributed by atoms with Crippen molar-refractivity contribution in [2.45, 2.75) is 13.8 Å². The van der Waals surface area contributed by atoms with Crippen molar-refractivity contribution in [3.8, 4) is 0 Å². The largest absolute Gasteiger partial charge is 0.365 e. The summed E-state index contributed by atoms with van der Waals surface area (Å²) >= 11 is 5.87. The van der Waals surface area contributed by atoms with Crippen molar-refractivity contribution in [2.75, 3.05) is 31.1 Å². The minimum Gasteiger partial charge on any atom is -0.365 e. The Morgan fingerprint density at radius 3 is 2.32 bits per heavy atom. The molecule has 1 fully saturated rings. The molecule has 3 rings (SSSR count). The first-order chi connectivity index (χ1) is 10.6. The summed E-state index contributed by atoms with van der Waals surface area (Å²) in [5.41, 5.74) is 3.94. The fourth-order valence-electron chi connectivity index (χ4n) is 2.92. The summed E-state index contributed by atoms with van der Waals surface area (Å²) in [7, 11) is 0. The summed E-state index contributed by atoms with van der Waals surface area (Å²) in [6.45, 7) is 7.10. The number of hydrogen-bond donors (Lipinski definition) is 1. The molecule has 0 unspecified atom stereocenters. The summed E-state index contributed by atoms with van der Waals surface area (Å²) in [6, 6.07) is 7.06. The van der Waals surface area contributed by atoms with E-state index in [0.29, 0.717) is 23.7 Å². The molecule has 1 amide bonds. The predicted molar refractivity (Wildman–Crippen MR) is 87.6 cm³/mol. The molecule has 1 saturated heterocycles. The van der Waals surface area contributed by atoms with Gasteiger partial charge in [0.1, 0.15) is 0 Å². The van der Waals surface area contributed by atoms with E-state index in [2.05, 4.69) is 15.1 Å². The highest BCUT2D eigenvalue weighted by molar-refractivity contribution is 6.30. The first-order valence-electron chi connectivity index (χ1n) is 7.37. The van der Waals surface area contributed by atoms with Gasteiger partial charge in [-0.25, -0.2) is 0 Å². The number of carbonyl (C=O) groups excluding carboxylic acids is 1. The zero-order valence-corrected chi connectivity index (χ0v) is 13.5. The molecule has 2 heterocycles. The number of carbonyl (C=O) groups is 1. The van der Waals surface area contributed by atoms with E-state index in [1.54, 1.807) is 24.3 Å². The van der Waals surface area contributed by atoms with Gasteiger partial charge in [0.2, 0.25) is 0 Å². The van der Waals surface area contributed by atoms with Crippen LogP contribution in [-0.4, -0.2) is 47.2 Å². The Bertz CT molecular complexity index is 652. The van der Waals surface area contributed by atoms with E-state index < -0.39 is 0 Å². The molecular formula is C16H19ClN4O. The van der Waals surface area contributed by atoms with E-state index >= 15 is 0 Å². The summed E-state index contributed by atoms with van der Waals surface area (Å²) in [4.78, 5) is 16.7. The van der Waals surface area contributed by atoms with Crippen molar-refractivity contribution in [1.82, 2.24) is 15.1 Å². The van der Waals surface area contributed by atoms with Gasteiger partial charge in [0.05, 0.1) is 17.1 Å². The van der Waals surface area contributed by atoms with Crippen LogP contribution in [0.3, 0.4) is 0 Å². The van der Waals surface area contributed by atoms with Crippen molar-refractivity contribution >= 4 is 23.2 Å². The molecule has 0 radical (unpaired) electrons. The minimum absolute atomic E-state index is 0.0666. The number of H-pyrrole nitrogens is 1. The Balaban J connectivity index is 1.67. The lowest BCUT2D eigenvalue weighted by Gasteiger charge is -2.36. The van der Waals surface area contributed by atoms with Crippen molar-refractivity contribution in [3.63, 3.8) is 0 Å². The van der Waals surface area contributed by atoms with E-state index in [1.165, 1.54) is 5.69 Å². The lowest BCUT2D eigenvalue weighted by atomic mass is 10.1. The number of piperazine rings is 1. The minimum atomic E-state index is 0.0666. The number of aromatic nitrogens is 2. The van der Waals surface area contributed by atoms with Crippen LogP contribution in [0.2, 0.25) is 5.02 Å². The fraction of sp³-hybridized carbons (Fsp3) is 0.375.